The molecule has 0 atom stereocenters. The van der Waals surface area contributed by atoms with Crippen LogP contribution < -0.4 is 5.32 Å². The van der Waals surface area contributed by atoms with Crippen LogP contribution in [-0.2, 0) is 9.47 Å². The molecule has 0 saturated heterocycles. The fourth-order valence-electron chi connectivity index (χ4n) is 1.14. The van der Waals surface area contributed by atoms with Crippen molar-refractivity contribution < 1.29 is 9.47 Å². The first kappa shape index (κ1) is 12.0. The Bertz CT molecular complexity index is 155. The molecule has 0 aromatic carbocycles. The molecular formula is C11H23NO2. The molecule has 1 aliphatic carbocycles. The molecule has 0 heterocycles. The molecule has 0 aliphatic heterocycles. The van der Waals surface area contributed by atoms with Gasteiger partial charge in [-0.25, -0.2) is 0 Å². The summed E-state index contributed by atoms with van der Waals surface area (Å²) in [5.74, 6) is 0. The van der Waals surface area contributed by atoms with Crippen LogP contribution in [0.3, 0.4) is 0 Å². The molecule has 0 aromatic heterocycles. The highest BCUT2D eigenvalue weighted by molar-refractivity contribution is 4.80. The van der Waals surface area contributed by atoms with Crippen LogP contribution in [0.4, 0.5) is 0 Å². The topological polar surface area (TPSA) is 30.5 Å². The van der Waals surface area contributed by atoms with Crippen LogP contribution in [0.2, 0.25) is 0 Å². The van der Waals surface area contributed by atoms with Crippen molar-refractivity contribution in [3.63, 3.8) is 0 Å². The summed E-state index contributed by atoms with van der Waals surface area (Å²) < 4.78 is 10.8. The second-order valence-corrected chi connectivity index (χ2v) is 4.55. The van der Waals surface area contributed by atoms with Gasteiger partial charge in [-0.2, -0.15) is 0 Å². The predicted molar refractivity (Wildman–Crippen MR) is 57.5 cm³/mol. The van der Waals surface area contributed by atoms with E-state index in [1.807, 2.05) is 0 Å². The maximum absolute atomic E-state index is 5.51. The number of rotatable bonds is 8. The van der Waals surface area contributed by atoms with Crippen LogP contribution in [0.15, 0.2) is 0 Å². The molecule has 1 saturated carbocycles. The first-order valence-electron chi connectivity index (χ1n) is 5.50. The average molecular weight is 201 g/mol. The van der Waals surface area contributed by atoms with Crippen LogP contribution in [0.25, 0.3) is 0 Å². The van der Waals surface area contributed by atoms with Gasteiger partial charge in [0.2, 0.25) is 0 Å². The molecule has 0 unspecified atom stereocenters. The monoisotopic (exact) mass is 201 g/mol. The SMILES string of the molecule is COC(C)(C)CCOCCNC1CC1. The molecule has 0 bridgehead atoms. The Hall–Kier alpha value is -0.120. The van der Waals surface area contributed by atoms with Crippen LogP contribution in [0, 0.1) is 0 Å². The van der Waals surface area contributed by atoms with Gasteiger partial charge in [-0.3, -0.25) is 0 Å². The average Bonchev–Trinajstić information content (AvgIpc) is 2.95. The largest absolute Gasteiger partial charge is 0.380 e. The highest BCUT2D eigenvalue weighted by atomic mass is 16.5. The smallest absolute Gasteiger partial charge is 0.0644 e. The molecule has 1 aliphatic rings. The minimum absolute atomic E-state index is 0.0517. The number of nitrogens with one attached hydrogen (secondary N) is 1. The van der Waals surface area contributed by atoms with Gasteiger partial charge < -0.3 is 14.8 Å². The highest BCUT2D eigenvalue weighted by Crippen LogP contribution is 2.18. The van der Waals surface area contributed by atoms with Gasteiger partial charge in [0.15, 0.2) is 0 Å². The summed E-state index contributed by atoms with van der Waals surface area (Å²) in [4.78, 5) is 0. The minimum Gasteiger partial charge on any atom is -0.380 e. The maximum atomic E-state index is 5.51. The third-order valence-corrected chi connectivity index (χ3v) is 2.66. The quantitative estimate of drug-likeness (QED) is 0.605. The van der Waals surface area contributed by atoms with E-state index in [0.29, 0.717) is 0 Å². The van der Waals surface area contributed by atoms with E-state index in [1.165, 1.54) is 12.8 Å². The lowest BCUT2D eigenvalue weighted by Crippen LogP contribution is -2.26. The molecule has 1 N–H and O–H groups in total. The minimum atomic E-state index is -0.0517. The Morgan fingerprint density at radius 3 is 2.57 bits per heavy atom. The lowest BCUT2D eigenvalue weighted by atomic mass is 10.1. The van der Waals surface area contributed by atoms with Crippen molar-refractivity contribution in [2.24, 2.45) is 0 Å². The zero-order chi connectivity index (χ0) is 10.4. The lowest BCUT2D eigenvalue weighted by Gasteiger charge is -2.22. The molecule has 1 rings (SSSR count). The molecule has 3 heteroatoms. The second-order valence-electron chi connectivity index (χ2n) is 4.55. The molecule has 0 amide bonds. The van der Waals surface area contributed by atoms with Gasteiger partial charge in [0.25, 0.3) is 0 Å². The lowest BCUT2D eigenvalue weighted by molar-refractivity contribution is -0.00937. The number of methoxy groups -OCH3 is 1. The van der Waals surface area contributed by atoms with E-state index < -0.39 is 0 Å². The standard InChI is InChI=1S/C11H23NO2/c1-11(2,13-3)6-8-14-9-7-12-10-4-5-10/h10,12H,4-9H2,1-3H3. The Morgan fingerprint density at radius 2 is 2.00 bits per heavy atom. The Kier molecular flexibility index (Phi) is 4.85. The van der Waals surface area contributed by atoms with Crippen molar-refractivity contribution in [2.75, 3.05) is 26.9 Å². The van der Waals surface area contributed by atoms with Gasteiger partial charge >= 0.3 is 0 Å². The first-order valence-corrected chi connectivity index (χ1v) is 5.50. The van der Waals surface area contributed by atoms with E-state index in [0.717, 1.165) is 32.2 Å². The molecule has 0 aromatic rings. The van der Waals surface area contributed by atoms with Crippen molar-refractivity contribution in [2.45, 2.75) is 44.8 Å². The zero-order valence-corrected chi connectivity index (χ0v) is 9.64. The van der Waals surface area contributed by atoms with Gasteiger partial charge in [0, 0.05) is 26.3 Å². The summed E-state index contributed by atoms with van der Waals surface area (Å²) >= 11 is 0. The highest BCUT2D eigenvalue weighted by Gasteiger charge is 2.19. The van der Waals surface area contributed by atoms with E-state index in [2.05, 4.69) is 19.2 Å². The van der Waals surface area contributed by atoms with E-state index in [9.17, 15) is 0 Å². The van der Waals surface area contributed by atoms with Crippen LogP contribution >= 0.6 is 0 Å². The van der Waals surface area contributed by atoms with Crippen LogP contribution in [-0.4, -0.2) is 38.5 Å². The number of ether oxygens (including phenoxy) is 2. The molecule has 1 fully saturated rings. The molecular weight excluding hydrogens is 178 g/mol. The summed E-state index contributed by atoms with van der Waals surface area (Å²) in [6.45, 7) is 6.75. The van der Waals surface area contributed by atoms with Crippen molar-refractivity contribution in [1.29, 1.82) is 0 Å². The molecule has 0 spiro atoms. The predicted octanol–water partition coefficient (Wildman–Crippen LogP) is 1.57. The summed E-state index contributed by atoms with van der Waals surface area (Å²) in [6.07, 6.45) is 3.64. The van der Waals surface area contributed by atoms with E-state index in [-0.39, 0.29) is 5.60 Å². The van der Waals surface area contributed by atoms with Crippen molar-refractivity contribution in [3.8, 4) is 0 Å². The first-order chi connectivity index (χ1) is 6.64. The third kappa shape index (κ3) is 5.58. The summed E-state index contributed by atoms with van der Waals surface area (Å²) in [6, 6.07) is 0.786. The fraction of sp³-hybridized carbons (Fsp3) is 1.00. The number of hydrogen-bond acceptors (Lipinski definition) is 3. The third-order valence-electron chi connectivity index (χ3n) is 2.66. The number of hydrogen-bond donors (Lipinski definition) is 1. The van der Waals surface area contributed by atoms with Crippen molar-refractivity contribution >= 4 is 0 Å². The Morgan fingerprint density at radius 1 is 1.29 bits per heavy atom. The van der Waals surface area contributed by atoms with Gasteiger partial charge in [0.1, 0.15) is 0 Å². The van der Waals surface area contributed by atoms with E-state index >= 15 is 0 Å². The zero-order valence-electron chi connectivity index (χ0n) is 9.64. The van der Waals surface area contributed by atoms with Gasteiger partial charge in [-0.1, -0.05) is 0 Å². The van der Waals surface area contributed by atoms with Gasteiger partial charge in [-0.05, 0) is 33.1 Å². The second kappa shape index (κ2) is 5.69. The Balaban J connectivity index is 1.83. The summed E-state index contributed by atoms with van der Waals surface area (Å²) in [5, 5.41) is 3.41. The molecule has 0 radical (unpaired) electrons. The van der Waals surface area contributed by atoms with Gasteiger partial charge in [0.05, 0.1) is 12.2 Å². The van der Waals surface area contributed by atoms with Gasteiger partial charge in [-0.15, -0.1) is 0 Å². The normalized spacial score (nSPS) is 17.4. The summed E-state index contributed by atoms with van der Waals surface area (Å²) in [5.41, 5.74) is -0.0517. The molecule has 14 heavy (non-hydrogen) atoms. The van der Waals surface area contributed by atoms with Crippen LogP contribution in [0.5, 0.6) is 0 Å². The molecule has 3 nitrogen and oxygen atoms in total. The van der Waals surface area contributed by atoms with Crippen molar-refractivity contribution in [3.05, 3.63) is 0 Å². The molecule has 84 valence electrons. The maximum Gasteiger partial charge on any atom is 0.0644 e. The van der Waals surface area contributed by atoms with E-state index in [4.69, 9.17) is 9.47 Å². The van der Waals surface area contributed by atoms with Crippen LogP contribution in [0.1, 0.15) is 33.1 Å². The Labute approximate surface area is 87.2 Å². The van der Waals surface area contributed by atoms with E-state index in [1.54, 1.807) is 7.11 Å². The summed E-state index contributed by atoms with van der Waals surface area (Å²) in [7, 11) is 1.74. The fourth-order valence-corrected chi connectivity index (χ4v) is 1.14. The van der Waals surface area contributed by atoms with Crippen molar-refractivity contribution in [1.82, 2.24) is 5.32 Å².